The van der Waals surface area contributed by atoms with Crippen LogP contribution < -0.4 is 0 Å². The molecule has 0 amide bonds. The lowest BCUT2D eigenvalue weighted by molar-refractivity contribution is 1.42. The molecule has 2 rings (SSSR count). The molecule has 1 heterocycles. The maximum atomic E-state index is 4.27. The molecule has 0 saturated heterocycles. The van der Waals surface area contributed by atoms with E-state index in [1.807, 2.05) is 32.2 Å². The molecule has 0 unspecified atom stereocenters. The highest BCUT2D eigenvalue weighted by Crippen LogP contribution is 2.20. The summed E-state index contributed by atoms with van der Waals surface area (Å²) in [6, 6.07) is 6.11. The third kappa shape index (κ3) is 2.07. The molecule has 0 bridgehead atoms. The molecular weight excluding hydrogens is 178 g/mol. The number of fused-ring (bicyclic) bond motifs is 1. The van der Waals surface area contributed by atoms with Gasteiger partial charge in [-0.25, -0.2) is 0 Å². The Morgan fingerprint density at radius 1 is 1.23 bits per heavy atom. The van der Waals surface area contributed by atoms with Gasteiger partial charge in [0.15, 0.2) is 0 Å². The van der Waals surface area contributed by atoms with Crippen molar-refractivity contribution in [2.45, 2.75) is 25.7 Å². The highest BCUT2D eigenvalue weighted by molar-refractivity contribution is 7.80. The van der Waals surface area contributed by atoms with Gasteiger partial charge in [-0.1, -0.05) is 13.8 Å². The number of hydrogen-bond donors (Lipinski definition) is 2. The number of nitrogens with one attached hydrogen (secondary N) is 1. The minimum absolute atomic E-state index is 1.01. The van der Waals surface area contributed by atoms with E-state index in [0.717, 1.165) is 4.90 Å². The SMILES string of the molecule is CC.Cc1c[nH]c2ccc(S)cc12. The first-order valence-electron chi connectivity index (χ1n) is 4.54. The van der Waals surface area contributed by atoms with Gasteiger partial charge in [0.25, 0.3) is 0 Å². The summed E-state index contributed by atoms with van der Waals surface area (Å²) in [5, 5.41) is 1.26. The average molecular weight is 193 g/mol. The van der Waals surface area contributed by atoms with E-state index in [-0.39, 0.29) is 0 Å². The molecule has 2 aromatic rings. The Morgan fingerprint density at radius 2 is 1.92 bits per heavy atom. The molecule has 0 aliphatic rings. The van der Waals surface area contributed by atoms with Crippen molar-refractivity contribution < 1.29 is 0 Å². The van der Waals surface area contributed by atoms with Crippen molar-refractivity contribution in [3.05, 3.63) is 30.0 Å². The van der Waals surface area contributed by atoms with Crippen LogP contribution in [-0.2, 0) is 0 Å². The summed E-state index contributed by atoms with van der Waals surface area (Å²) >= 11 is 4.27. The van der Waals surface area contributed by atoms with Crippen LogP contribution in [0.25, 0.3) is 10.9 Å². The summed E-state index contributed by atoms with van der Waals surface area (Å²) in [6.45, 7) is 6.09. The molecule has 70 valence electrons. The second kappa shape index (κ2) is 4.38. The molecule has 0 radical (unpaired) electrons. The Kier molecular flexibility index (Phi) is 3.43. The molecule has 0 aliphatic carbocycles. The zero-order valence-electron chi connectivity index (χ0n) is 8.26. The lowest BCUT2D eigenvalue weighted by Crippen LogP contribution is -1.69. The standard InChI is InChI=1S/C9H9NS.C2H6/c1-6-5-10-9-3-2-7(11)4-8(6)9;1-2/h2-5,10-11H,1H3;1-2H3. The van der Waals surface area contributed by atoms with Crippen LogP contribution in [0.2, 0.25) is 0 Å². The van der Waals surface area contributed by atoms with E-state index < -0.39 is 0 Å². The van der Waals surface area contributed by atoms with E-state index in [2.05, 4.69) is 30.6 Å². The molecule has 0 fully saturated rings. The van der Waals surface area contributed by atoms with Crippen LogP contribution in [0.5, 0.6) is 0 Å². The van der Waals surface area contributed by atoms with Crippen LogP contribution in [0, 0.1) is 6.92 Å². The first kappa shape index (κ1) is 10.2. The lowest BCUT2D eigenvalue weighted by atomic mass is 10.2. The first-order valence-corrected chi connectivity index (χ1v) is 4.99. The van der Waals surface area contributed by atoms with Crippen LogP contribution >= 0.6 is 12.6 Å². The van der Waals surface area contributed by atoms with E-state index in [4.69, 9.17) is 0 Å². The van der Waals surface area contributed by atoms with Crippen LogP contribution in [-0.4, -0.2) is 4.98 Å². The number of aromatic nitrogens is 1. The lowest BCUT2D eigenvalue weighted by Gasteiger charge is -1.92. The number of H-pyrrole nitrogens is 1. The van der Waals surface area contributed by atoms with Crippen molar-refractivity contribution in [1.29, 1.82) is 0 Å². The van der Waals surface area contributed by atoms with Crippen molar-refractivity contribution in [1.82, 2.24) is 4.98 Å². The second-order valence-corrected chi connectivity index (χ2v) is 3.22. The normalized spacial score (nSPS) is 9.54. The van der Waals surface area contributed by atoms with Gasteiger partial charge in [0.05, 0.1) is 0 Å². The summed E-state index contributed by atoms with van der Waals surface area (Å²) < 4.78 is 0. The number of hydrogen-bond acceptors (Lipinski definition) is 1. The van der Waals surface area contributed by atoms with Crippen LogP contribution in [0.3, 0.4) is 0 Å². The van der Waals surface area contributed by atoms with Gasteiger partial charge in [-0.2, -0.15) is 0 Å². The van der Waals surface area contributed by atoms with Gasteiger partial charge in [-0.3, -0.25) is 0 Å². The van der Waals surface area contributed by atoms with Gasteiger partial charge in [0.2, 0.25) is 0 Å². The predicted molar refractivity (Wildman–Crippen MR) is 61.6 cm³/mol. The Hall–Kier alpha value is -0.890. The molecule has 1 N–H and O–H groups in total. The number of aryl methyl sites for hydroxylation is 1. The number of aromatic amines is 1. The quantitative estimate of drug-likeness (QED) is 0.592. The van der Waals surface area contributed by atoms with E-state index in [1.165, 1.54) is 16.5 Å². The van der Waals surface area contributed by atoms with Gasteiger partial charge in [-0.05, 0) is 30.7 Å². The number of rotatable bonds is 0. The fourth-order valence-electron chi connectivity index (χ4n) is 1.25. The third-order valence-electron chi connectivity index (χ3n) is 1.87. The molecule has 1 nitrogen and oxygen atoms in total. The molecule has 0 saturated carbocycles. The van der Waals surface area contributed by atoms with Crippen molar-refractivity contribution in [2.24, 2.45) is 0 Å². The van der Waals surface area contributed by atoms with E-state index in [0.29, 0.717) is 0 Å². The van der Waals surface area contributed by atoms with Gasteiger partial charge in [0.1, 0.15) is 0 Å². The molecular formula is C11H15NS. The van der Waals surface area contributed by atoms with Gasteiger partial charge < -0.3 is 4.98 Å². The summed E-state index contributed by atoms with van der Waals surface area (Å²) in [6.07, 6.45) is 2.01. The molecule has 1 aromatic carbocycles. The minimum atomic E-state index is 1.01. The highest BCUT2D eigenvalue weighted by Gasteiger charge is 1.97. The molecule has 2 heteroatoms. The monoisotopic (exact) mass is 193 g/mol. The zero-order chi connectivity index (χ0) is 9.84. The molecule has 13 heavy (non-hydrogen) atoms. The number of benzene rings is 1. The Morgan fingerprint density at radius 3 is 2.62 bits per heavy atom. The van der Waals surface area contributed by atoms with Gasteiger partial charge >= 0.3 is 0 Å². The van der Waals surface area contributed by atoms with Crippen molar-refractivity contribution >= 4 is 23.5 Å². The van der Waals surface area contributed by atoms with Crippen LogP contribution in [0.1, 0.15) is 19.4 Å². The highest BCUT2D eigenvalue weighted by atomic mass is 32.1. The van der Waals surface area contributed by atoms with Crippen LogP contribution in [0.4, 0.5) is 0 Å². The maximum Gasteiger partial charge on any atom is 0.0457 e. The van der Waals surface area contributed by atoms with E-state index in [9.17, 15) is 0 Å². The fraction of sp³-hybridized carbons (Fsp3) is 0.273. The largest absolute Gasteiger partial charge is 0.361 e. The zero-order valence-corrected chi connectivity index (χ0v) is 9.15. The topological polar surface area (TPSA) is 15.8 Å². The third-order valence-corrected chi connectivity index (χ3v) is 2.15. The predicted octanol–water partition coefficient (Wildman–Crippen LogP) is 3.79. The van der Waals surface area contributed by atoms with Gasteiger partial charge in [-0.15, -0.1) is 12.6 Å². The molecule has 0 spiro atoms. The Bertz CT molecular complexity index is 390. The average Bonchev–Trinajstić information content (AvgIpc) is 2.52. The van der Waals surface area contributed by atoms with Crippen LogP contribution in [0.15, 0.2) is 29.3 Å². The van der Waals surface area contributed by atoms with Gasteiger partial charge in [0, 0.05) is 22.0 Å². The van der Waals surface area contributed by atoms with Crippen molar-refractivity contribution in [3.63, 3.8) is 0 Å². The fourth-order valence-corrected chi connectivity index (χ4v) is 1.45. The summed E-state index contributed by atoms with van der Waals surface area (Å²) in [7, 11) is 0. The smallest absolute Gasteiger partial charge is 0.0457 e. The number of thiol groups is 1. The van der Waals surface area contributed by atoms with Crippen molar-refractivity contribution in [3.8, 4) is 0 Å². The molecule has 0 atom stereocenters. The van der Waals surface area contributed by atoms with E-state index >= 15 is 0 Å². The summed E-state index contributed by atoms with van der Waals surface area (Å²) in [5.41, 5.74) is 2.45. The summed E-state index contributed by atoms with van der Waals surface area (Å²) in [4.78, 5) is 4.20. The summed E-state index contributed by atoms with van der Waals surface area (Å²) in [5.74, 6) is 0. The minimum Gasteiger partial charge on any atom is -0.361 e. The Labute approximate surface area is 84.6 Å². The molecule has 0 aliphatic heterocycles. The second-order valence-electron chi connectivity index (χ2n) is 2.70. The maximum absolute atomic E-state index is 4.27. The Balaban J connectivity index is 0.000000396. The van der Waals surface area contributed by atoms with Crippen molar-refractivity contribution in [2.75, 3.05) is 0 Å². The van der Waals surface area contributed by atoms with E-state index in [1.54, 1.807) is 0 Å². The molecule has 1 aromatic heterocycles. The first-order chi connectivity index (χ1) is 6.27.